The summed E-state index contributed by atoms with van der Waals surface area (Å²) in [4.78, 5) is 27.7. The van der Waals surface area contributed by atoms with E-state index in [-0.39, 0.29) is 11.1 Å². The van der Waals surface area contributed by atoms with Gasteiger partial charge in [0.25, 0.3) is 11.5 Å². The zero-order chi connectivity index (χ0) is 18.0. The summed E-state index contributed by atoms with van der Waals surface area (Å²) in [7, 11) is 1.53. The molecule has 0 saturated heterocycles. The molecule has 0 aliphatic carbocycles. The Morgan fingerprint density at radius 1 is 1.16 bits per heavy atom. The lowest BCUT2D eigenvalue weighted by Gasteiger charge is -2.12. The maximum atomic E-state index is 13.2. The molecule has 1 aromatic carbocycles. The van der Waals surface area contributed by atoms with Gasteiger partial charge in [0.2, 0.25) is 0 Å². The number of halogens is 1. The topological polar surface area (TPSA) is 87.2 Å². The molecule has 0 spiro atoms. The Bertz CT molecular complexity index is 997. The molecule has 1 amide bonds. The van der Waals surface area contributed by atoms with Crippen LogP contribution in [0.5, 0.6) is 11.5 Å². The van der Waals surface area contributed by atoms with Crippen molar-refractivity contribution in [2.24, 2.45) is 12.8 Å². The van der Waals surface area contributed by atoms with Crippen molar-refractivity contribution in [3.05, 3.63) is 76.5 Å². The Morgan fingerprint density at radius 2 is 1.96 bits per heavy atom. The lowest BCUT2D eigenvalue weighted by molar-refractivity contribution is 0.1000. The van der Waals surface area contributed by atoms with E-state index in [1.54, 1.807) is 18.2 Å². The molecule has 7 heteroatoms. The van der Waals surface area contributed by atoms with Crippen LogP contribution in [0, 0.1) is 5.82 Å². The maximum Gasteiger partial charge on any atom is 0.250 e. The molecule has 2 aromatic heterocycles. The number of primary amides is 1. The quantitative estimate of drug-likeness (QED) is 0.791. The summed E-state index contributed by atoms with van der Waals surface area (Å²) in [6.07, 6.45) is 1.42. The highest BCUT2D eigenvalue weighted by molar-refractivity contribution is 5.98. The molecule has 0 unspecified atom stereocenters. The lowest BCUT2D eigenvalue weighted by atomic mass is 10.1. The van der Waals surface area contributed by atoms with E-state index >= 15 is 0 Å². The summed E-state index contributed by atoms with van der Waals surface area (Å²) in [5, 5.41) is 0. The molecule has 0 radical (unpaired) electrons. The van der Waals surface area contributed by atoms with Crippen LogP contribution >= 0.6 is 0 Å². The molecular formula is C18H14FN3O3. The summed E-state index contributed by atoms with van der Waals surface area (Å²) in [6, 6.07) is 11.6. The monoisotopic (exact) mass is 339 g/mol. The van der Waals surface area contributed by atoms with Crippen molar-refractivity contribution in [3.8, 4) is 22.9 Å². The second-order valence-corrected chi connectivity index (χ2v) is 5.30. The van der Waals surface area contributed by atoms with Crippen molar-refractivity contribution >= 4 is 5.91 Å². The van der Waals surface area contributed by atoms with Crippen molar-refractivity contribution in [2.45, 2.75) is 0 Å². The van der Waals surface area contributed by atoms with Gasteiger partial charge in [-0.3, -0.25) is 14.6 Å². The molecule has 0 aliphatic heterocycles. The van der Waals surface area contributed by atoms with Gasteiger partial charge in [0.1, 0.15) is 17.3 Å². The Kier molecular flexibility index (Phi) is 4.30. The summed E-state index contributed by atoms with van der Waals surface area (Å²) < 4.78 is 20.0. The number of nitrogens with zero attached hydrogens (tertiary/aromatic N) is 2. The molecule has 25 heavy (non-hydrogen) atoms. The Hall–Kier alpha value is -3.48. The summed E-state index contributed by atoms with van der Waals surface area (Å²) >= 11 is 0. The predicted molar refractivity (Wildman–Crippen MR) is 89.9 cm³/mol. The van der Waals surface area contributed by atoms with E-state index < -0.39 is 11.7 Å². The van der Waals surface area contributed by atoms with E-state index in [1.807, 2.05) is 0 Å². The van der Waals surface area contributed by atoms with Gasteiger partial charge in [-0.2, -0.15) is 0 Å². The molecule has 2 heterocycles. The smallest absolute Gasteiger partial charge is 0.250 e. The summed E-state index contributed by atoms with van der Waals surface area (Å²) in [6.45, 7) is 0. The standard InChI is InChI=1S/C18H14FN3O3/c1-22-16(23)8-6-14(18(20)24)17(22)15-7-5-13(10-21-15)25-12-4-2-3-11(19)9-12/h2-10H,1H3,(H2,20,24). The van der Waals surface area contributed by atoms with Crippen molar-refractivity contribution in [2.75, 3.05) is 0 Å². The molecule has 3 aromatic rings. The third-order valence-electron chi connectivity index (χ3n) is 3.59. The molecule has 0 fully saturated rings. The highest BCUT2D eigenvalue weighted by atomic mass is 19.1. The third-order valence-corrected chi connectivity index (χ3v) is 3.59. The van der Waals surface area contributed by atoms with Crippen LogP contribution in [0.1, 0.15) is 10.4 Å². The van der Waals surface area contributed by atoms with Crippen molar-refractivity contribution in [3.63, 3.8) is 0 Å². The van der Waals surface area contributed by atoms with Crippen LogP contribution in [0.15, 0.2) is 59.5 Å². The largest absolute Gasteiger partial charge is 0.456 e. The van der Waals surface area contributed by atoms with Gasteiger partial charge in [0.05, 0.1) is 23.1 Å². The number of carbonyl (C=O) groups excluding carboxylic acids is 1. The zero-order valence-corrected chi connectivity index (χ0v) is 13.3. The number of rotatable bonds is 4. The lowest BCUT2D eigenvalue weighted by Crippen LogP contribution is -2.23. The minimum absolute atomic E-state index is 0.188. The highest BCUT2D eigenvalue weighted by Crippen LogP contribution is 2.25. The SMILES string of the molecule is Cn1c(-c2ccc(Oc3cccc(F)c3)cn2)c(C(N)=O)ccc1=O. The highest BCUT2D eigenvalue weighted by Gasteiger charge is 2.15. The van der Waals surface area contributed by atoms with E-state index in [1.165, 1.54) is 48.1 Å². The van der Waals surface area contributed by atoms with Crippen LogP contribution in [0.25, 0.3) is 11.4 Å². The van der Waals surface area contributed by atoms with Gasteiger partial charge in [0, 0.05) is 19.2 Å². The number of hydrogen-bond acceptors (Lipinski definition) is 4. The van der Waals surface area contributed by atoms with Gasteiger partial charge >= 0.3 is 0 Å². The third kappa shape index (κ3) is 3.40. The number of ether oxygens (including phenoxy) is 1. The molecular weight excluding hydrogens is 325 g/mol. The van der Waals surface area contributed by atoms with Crippen molar-refractivity contribution < 1.29 is 13.9 Å². The second-order valence-electron chi connectivity index (χ2n) is 5.30. The van der Waals surface area contributed by atoms with Gasteiger partial charge in [-0.15, -0.1) is 0 Å². The second kappa shape index (κ2) is 6.56. The first-order valence-electron chi connectivity index (χ1n) is 7.35. The number of pyridine rings is 2. The van der Waals surface area contributed by atoms with Crippen LogP contribution in [-0.2, 0) is 7.05 Å². The Morgan fingerprint density at radius 3 is 2.60 bits per heavy atom. The van der Waals surface area contributed by atoms with Gasteiger partial charge < -0.3 is 15.0 Å². The van der Waals surface area contributed by atoms with Gasteiger partial charge in [0.15, 0.2) is 0 Å². The fourth-order valence-corrected chi connectivity index (χ4v) is 2.39. The minimum Gasteiger partial charge on any atom is -0.456 e. The number of carbonyl (C=O) groups is 1. The molecule has 0 saturated carbocycles. The van der Waals surface area contributed by atoms with E-state index in [0.717, 1.165) is 0 Å². The molecule has 0 atom stereocenters. The van der Waals surface area contributed by atoms with E-state index in [9.17, 15) is 14.0 Å². The summed E-state index contributed by atoms with van der Waals surface area (Å²) in [5.74, 6) is -0.352. The number of aromatic nitrogens is 2. The van der Waals surface area contributed by atoms with Crippen LogP contribution in [0.3, 0.4) is 0 Å². The molecule has 6 nitrogen and oxygen atoms in total. The molecule has 126 valence electrons. The average molecular weight is 339 g/mol. The number of hydrogen-bond donors (Lipinski definition) is 1. The van der Waals surface area contributed by atoms with Crippen LogP contribution < -0.4 is 16.0 Å². The Balaban J connectivity index is 1.97. The fraction of sp³-hybridized carbons (Fsp3) is 0.0556. The van der Waals surface area contributed by atoms with Crippen LogP contribution in [0.2, 0.25) is 0 Å². The van der Waals surface area contributed by atoms with E-state index in [4.69, 9.17) is 10.5 Å². The van der Waals surface area contributed by atoms with Crippen LogP contribution in [0.4, 0.5) is 4.39 Å². The number of amides is 1. The normalized spacial score (nSPS) is 10.5. The fourth-order valence-electron chi connectivity index (χ4n) is 2.39. The molecule has 3 rings (SSSR count). The van der Waals surface area contributed by atoms with Crippen molar-refractivity contribution in [1.29, 1.82) is 0 Å². The summed E-state index contributed by atoms with van der Waals surface area (Å²) in [5.41, 5.74) is 5.98. The minimum atomic E-state index is -0.660. The van der Waals surface area contributed by atoms with E-state index in [2.05, 4.69) is 4.98 Å². The maximum absolute atomic E-state index is 13.2. The van der Waals surface area contributed by atoms with Crippen molar-refractivity contribution in [1.82, 2.24) is 9.55 Å². The van der Waals surface area contributed by atoms with Gasteiger partial charge in [-0.05, 0) is 30.3 Å². The first kappa shape index (κ1) is 16.4. The van der Waals surface area contributed by atoms with E-state index in [0.29, 0.717) is 22.9 Å². The van der Waals surface area contributed by atoms with Gasteiger partial charge in [-0.25, -0.2) is 4.39 Å². The van der Waals surface area contributed by atoms with Crippen LogP contribution in [-0.4, -0.2) is 15.5 Å². The average Bonchev–Trinajstić information content (AvgIpc) is 2.58. The molecule has 0 aliphatic rings. The number of benzene rings is 1. The Labute approximate surface area is 142 Å². The van der Waals surface area contributed by atoms with Gasteiger partial charge in [-0.1, -0.05) is 6.07 Å². The molecule has 0 bridgehead atoms. The predicted octanol–water partition coefficient (Wildman–Crippen LogP) is 2.48. The zero-order valence-electron chi connectivity index (χ0n) is 13.3. The first-order chi connectivity index (χ1) is 12.0. The molecule has 2 N–H and O–H groups in total. The first-order valence-corrected chi connectivity index (χ1v) is 7.35. The number of nitrogens with two attached hydrogens (primary N) is 1.